The average molecular weight is 280 g/mol. The second-order valence-electron chi connectivity index (χ2n) is 6.34. The molecule has 0 atom stereocenters. The highest BCUT2D eigenvalue weighted by Crippen LogP contribution is 2.17. The average Bonchev–Trinajstić information content (AvgIpc) is 2.49. The Morgan fingerprint density at radius 3 is 2.55 bits per heavy atom. The molecule has 0 saturated heterocycles. The Morgan fingerprint density at radius 2 is 1.80 bits per heavy atom. The summed E-state index contributed by atoms with van der Waals surface area (Å²) in [5.74, 6) is 0. The number of hydrogen-bond donors (Lipinski definition) is 2. The van der Waals surface area contributed by atoms with E-state index < -0.39 is 0 Å². The molecule has 0 bridgehead atoms. The van der Waals surface area contributed by atoms with Gasteiger partial charge in [0.25, 0.3) is 0 Å². The summed E-state index contributed by atoms with van der Waals surface area (Å²) in [7, 11) is 0. The van der Waals surface area contributed by atoms with Gasteiger partial charge in [0.2, 0.25) is 0 Å². The molecule has 20 heavy (non-hydrogen) atoms. The fourth-order valence-corrected chi connectivity index (χ4v) is 2.94. The van der Waals surface area contributed by atoms with Crippen LogP contribution in [0.25, 0.3) is 0 Å². The fraction of sp³-hybridized carbons (Fsp3) is 0.889. The van der Waals surface area contributed by atoms with E-state index in [1.807, 2.05) is 0 Å². The first-order valence-corrected chi connectivity index (χ1v) is 8.92. The molecule has 2 N–H and O–H groups in total. The summed E-state index contributed by atoms with van der Waals surface area (Å²) in [5, 5.41) is 7.27. The topological polar surface area (TPSA) is 24.1 Å². The molecular formula is C18H36N2. The van der Waals surface area contributed by atoms with Crippen LogP contribution in [0.3, 0.4) is 0 Å². The van der Waals surface area contributed by atoms with E-state index in [0.29, 0.717) is 0 Å². The van der Waals surface area contributed by atoms with E-state index in [1.165, 1.54) is 77.3 Å². The maximum atomic E-state index is 3.70. The summed E-state index contributed by atoms with van der Waals surface area (Å²) >= 11 is 0. The van der Waals surface area contributed by atoms with Crippen molar-refractivity contribution in [2.75, 3.05) is 19.6 Å². The molecule has 0 aromatic rings. The van der Waals surface area contributed by atoms with Crippen LogP contribution in [-0.4, -0.2) is 25.7 Å². The van der Waals surface area contributed by atoms with E-state index >= 15 is 0 Å². The zero-order valence-electron chi connectivity index (χ0n) is 13.8. The van der Waals surface area contributed by atoms with Gasteiger partial charge in [-0.3, -0.25) is 0 Å². The molecule has 0 radical (unpaired) electrons. The van der Waals surface area contributed by atoms with Crippen LogP contribution in [0.4, 0.5) is 0 Å². The smallest absolute Gasteiger partial charge is 0.00670 e. The van der Waals surface area contributed by atoms with Crippen LogP contribution in [0.5, 0.6) is 0 Å². The van der Waals surface area contributed by atoms with Gasteiger partial charge in [-0.15, -0.1) is 0 Å². The third kappa shape index (κ3) is 9.55. The number of hydrogen-bond acceptors (Lipinski definition) is 2. The standard InChI is InChI=1S/C18H36N2/c1-3-4-10-17(2)11-8-14-19-15-9-16-20-18-12-6-5-7-13-18/h10,18-20H,3-9,11-16H2,1-2H3/b17-10+. The van der Waals surface area contributed by atoms with Crippen LogP contribution < -0.4 is 10.6 Å². The highest BCUT2D eigenvalue weighted by atomic mass is 14.9. The first kappa shape index (κ1) is 17.7. The quantitative estimate of drug-likeness (QED) is 0.432. The van der Waals surface area contributed by atoms with Crippen LogP contribution >= 0.6 is 0 Å². The number of allylic oxidation sites excluding steroid dienone is 2. The lowest BCUT2D eigenvalue weighted by Crippen LogP contribution is -2.33. The van der Waals surface area contributed by atoms with Gasteiger partial charge < -0.3 is 10.6 Å². The van der Waals surface area contributed by atoms with E-state index in [-0.39, 0.29) is 0 Å². The maximum absolute atomic E-state index is 3.70. The summed E-state index contributed by atoms with van der Waals surface area (Å²) < 4.78 is 0. The van der Waals surface area contributed by atoms with Crippen molar-refractivity contribution in [2.24, 2.45) is 0 Å². The minimum Gasteiger partial charge on any atom is -0.317 e. The Kier molecular flexibility index (Phi) is 11.0. The van der Waals surface area contributed by atoms with Gasteiger partial charge in [-0.1, -0.05) is 44.3 Å². The predicted molar refractivity (Wildman–Crippen MR) is 90.3 cm³/mol. The van der Waals surface area contributed by atoms with Gasteiger partial charge in [0, 0.05) is 6.04 Å². The first-order chi connectivity index (χ1) is 9.83. The molecule has 2 heteroatoms. The molecule has 0 aromatic carbocycles. The Bertz CT molecular complexity index is 242. The van der Waals surface area contributed by atoms with E-state index in [1.54, 1.807) is 5.57 Å². The Labute approximate surface area is 126 Å². The predicted octanol–water partition coefficient (Wildman–Crippen LogP) is 4.42. The highest BCUT2D eigenvalue weighted by Gasteiger charge is 2.11. The van der Waals surface area contributed by atoms with Gasteiger partial charge in [-0.25, -0.2) is 0 Å². The molecule has 0 unspecified atom stereocenters. The third-order valence-electron chi connectivity index (χ3n) is 4.27. The SMILES string of the molecule is CCC/C=C(\C)CCCNCCCNC1CCCCC1. The number of rotatable bonds is 11. The monoisotopic (exact) mass is 280 g/mol. The van der Waals surface area contributed by atoms with Gasteiger partial charge >= 0.3 is 0 Å². The summed E-state index contributed by atoms with van der Waals surface area (Å²) in [6.45, 7) is 8.03. The van der Waals surface area contributed by atoms with Crippen LogP contribution in [0.15, 0.2) is 11.6 Å². The number of unbranched alkanes of at least 4 members (excludes halogenated alkanes) is 1. The minimum atomic E-state index is 0.815. The van der Waals surface area contributed by atoms with Crippen LogP contribution in [0.2, 0.25) is 0 Å². The molecule has 1 aliphatic carbocycles. The molecule has 0 aromatic heterocycles. The van der Waals surface area contributed by atoms with E-state index in [9.17, 15) is 0 Å². The van der Waals surface area contributed by atoms with Gasteiger partial charge in [-0.05, 0) is 65.1 Å². The number of nitrogens with one attached hydrogen (secondary N) is 2. The van der Waals surface area contributed by atoms with Crippen molar-refractivity contribution < 1.29 is 0 Å². The lowest BCUT2D eigenvalue weighted by molar-refractivity contribution is 0.371. The van der Waals surface area contributed by atoms with Crippen molar-refractivity contribution in [3.8, 4) is 0 Å². The molecule has 1 aliphatic rings. The van der Waals surface area contributed by atoms with Crippen molar-refractivity contribution in [2.45, 2.75) is 84.1 Å². The van der Waals surface area contributed by atoms with Crippen molar-refractivity contribution in [3.63, 3.8) is 0 Å². The summed E-state index contributed by atoms with van der Waals surface area (Å²) in [5.41, 5.74) is 1.56. The highest BCUT2D eigenvalue weighted by molar-refractivity contribution is 4.97. The second-order valence-corrected chi connectivity index (χ2v) is 6.34. The first-order valence-electron chi connectivity index (χ1n) is 8.92. The molecular weight excluding hydrogens is 244 g/mol. The summed E-state index contributed by atoms with van der Waals surface area (Å²) in [6.07, 6.45) is 15.8. The Morgan fingerprint density at radius 1 is 1.05 bits per heavy atom. The molecule has 0 spiro atoms. The summed E-state index contributed by atoms with van der Waals surface area (Å²) in [6, 6.07) is 0.815. The Balaban J connectivity index is 1.82. The third-order valence-corrected chi connectivity index (χ3v) is 4.27. The molecule has 0 amide bonds. The lowest BCUT2D eigenvalue weighted by Gasteiger charge is -2.22. The van der Waals surface area contributed by atoms with Crippen molar-refractivity contribution in [1.82, 2.24) is 10.6 Å². The molecule has 1 rings (SSSR count). The van der Waals surface area contributed by atoms with Crippen LogP contribution in [0, 0.1) is 0 Å². The van der Waals surface area contributed by atoms with Gasteiger partial charge in [0.1, 0.15) is 0 Å². The van der Waals surface area contributed by atoms with Gasteiger partial charge in [0.05, 0.1) is 0 Å². The van der Waals surface area contributed by atoms with Crippen molar-refractivity contribution in [3.05, 3.63) is 11.6 Å². The molecule has 1 fully saturated rings. The van der Waals surface area contributed by atoms with Crippen molar-refractivity contribution >= 4 is 0 Å². The van der Waals surface area contributed by atoms with Crippen LogP contribution in [-0.2, 0) is 0 Å². The van der Waals surface area contributed by atoms with E-state index in [4.69, 9.17) is 0 Å². The van der Waals surface area contributed by atoms with E-state index in [0.717, 1.165) is 12.6 Å². The normalized spacial score (nSPS) is 17.6. The zero-order valence-corrected chi connectivity index (χ0v) is 13.8. The van der Waals surface area contributed by atoms with Crippen molar-refractivity contribution in [1.29, 1.82) is 0 Å². The second kappa shape index (κ2) is 12.4. The maximum Gasteiger partial charge on any atom is 0.00670 e. The zero-order chi connectivity index (χ0) is 14.5. The minimum absolute atomic E-state index is 0.815. The largest absolute Gasteiger partial charge is 0.317 e. The molecule has 2 nitrogen and oxygen atoms in total. The molecule has 0 heterocycles. The van der Waals surface area contributed by atoms with E-state index in [2.05, 4.69) is 30.6 Å². The lowest BCUT2D eigenvalue weighted by atomic mass is 9.95. The summed E-state index contributed by atoms with van der Waals surface area (Å²) in [4.78, 5) is 0. The molecule has 1 saturated carbocycles. The molecule has 0 aliphatic heterocycles. The fourth-order valence-electron chi connectivity index (χ4n) is 2.94. The van der Waals surface area contributed by atoms with Gasteiger partial charge in [-0.2, -0.15) is 0 Å². The van der Waals surface area contributed by atoms with Crippen LogP contribution in [0.1, 0.15) is 78.1 Å². The Hall–Kier alpha value is -0.340. The van der Waals surface area contributed by atoms with Gasteiger partial charge in [0.15, 0.2) is 0 Å². The molecule has 118 valence electrons.